The van der Waals surface area contributed by atoms with Crippen molar-refractivity contribution in [1.29, 1.82) is 0 Å². The van der Waals surface area contributed by atoms with E-state index in [0.717, 1.165) is 24.9 Å². The number of carbonyl (C=O) groups is 1. The van der Waals surface area contributed by atoms with Gasteiger partial charge in [-0.2, -0.15) is 0 Å². The molecule has 5 heteroatoms. The Labute approximate surface area is 159 Å². The van der Waals surface area contributed by atoms with Crippen molar-refractivity contribution in [2.75, 3.05) is 18.0 Å². The summed E-state index contributed by atoms with van der Waals surface area (Å²) in [6.45, 7) is 3.62. The monoisotopic (exact) mass is 360 g/mol. The molecule has 2 atom stereocenters. The zero-order chi connectivity index (χ0) is 18.6. The number of hydrogen-bond donors (Lipinski definition) is 1. The van der Waals surface area contributed by atoms with Gasteiger partial charge in [0.1, 0.15) is 0 Å². The molecule has 1 amide bonds. The molecule has 27 heavy (non-hydrogen) atoms. The predicted octanol–water partition coefficient (Wildman–Crippen LogP) is 3.72. The van der Waals surface area contributed by atoms with Crippen LogP contribution < -0.4 is 10.2 Å². The SMILES string of the molecule is CC(NC(=O)C1CCCN(c2ncccn2)C1)c1cccc2ccccc12. The second kappa shape index (κ2) is 7.74. The van der Waals surface area contributed by atoms with E-state index in [-0.39, 0.29) is 17.9 Å². The molecule has 1 N–H and O–H groups in total. The number of piperidine rings is 1. The van der Waals surface area contributed by atoms with E-state index in [9.17, 15) is 4.79 Å². The summed E-state index contributed by atoms with van der Waals surface area (Å²) in [6.07, 6.45) is 5.36. The number of fused-ring (bicyclic) bond motifs is 1. The van der Waals surface area contributed by atoms with Crippen molar-refractivity contribution in [3.8, 4) is 0 Å². The van der Waals surface area contributed by atoms with Crippen molar-refractivity contribution < 1.29 is 4.79 Å². The van der Waals surface area contributed by atoms with Crippen molar-refractivity contribution in [2.45, 2.75) is 25.8 Å². The average Bonchev–Trinajstić information content (AvgIpc) is 2.74. The highest BCUT2D eigenvalue weighted by Gasteiger charge is 2.28. The fraction of sp³-hybridized carbons (Fsp3) is 0.318. The van der Waals surface area contributed by atoms with E-state index in [1.807, 2.05) is 18.2 Å². The summed E-state index contributed by atoms with van der Waals surface area (Å²) in [5, 5.41) is 5.61. The van der Waals surface area contributed by atoms with Crippen LogP contribution in [0.15, 0.2) is 60.9 Å². The maximum absolute atomic E-state index is 12.9. The van der Waals surface area contributed by atoms with Gasteiger partial charge < -0.3 is 10.2 Å². The molecule has 1 fully saturated rings. The van der Waals surface area contributed by atoms with Crippen molar-refractivity contribution in [3.05, 3.63) is 66.5 Å². The minimum Gasteiger partial charge on any atom is -0.349 e. The van der Waals surface area contributed by atoms with Crippen LogP contribution in [0.4, 0.5) is 5.95 Å². The van der Waals surface area contributed by atoms with Gasteiger partial charge in [-0.3, -0.25) is 4.79 Å². The number of carbonyl (C=O) groups excluding carboxylic acids is 1. The maximum Gasteiger partial charge on any atom is 0.225 e. The summed E-state index contributed by atoms with van der Waals surface area (Å²) in [6, 6.07) is 16.3. The zero-order valence-corrected chi connectivity index (χ0v) is 15.5. The summed E-state index contributed by atoms with van der Waals surface area (Å²) in [4.78, 5) is 23.7. The normalized spacial score (nSPS) is 18.3. The fourth-order valence-electron chi connectivity index (χ4n) is 3.86. The number of nitrogens with one attached hydrogen (secondary N) is 1. The highest BCUT2D eigenvalue weighted by Crippen LogP contribution is 2.25. The Kier molecular flexibility index (Phi) is 5.01. The van der Waals surface area contributed by atoms with Gasteiger partial charge in [0, 0.05) is 25.5 Å². The van der Waals surface area contributed by atoms with Crippen molar-refractivity contribution >= 4 is 22.6 Å². The van der Waals surface area contributed by atoms with Crippen molar-refractivity contribution in [1.82, 2.24) is 15.3 Å². The van der Waals surface area contributed by atoms with Crippen molar-refractivity contribution in [3.63, 3.8) is 0 Å². The van der Waals surface area contributed by atoms with Crippen LogP contribution in [-0.2, 0) is 4.79 Å². The quantitative estimate of drug-likeness (QED) is 0.770. The highest BCUT2D eigenvalue weighted by atomic mass is 16.2. The van der Waals surface area contributed by atoms with Crippen LogP contribution in [0.2, 0.25) is 0 Å². The zero-order valence-electron chi connectivity index (χ0n) is 15.5. The molecule has 138 valence electrons. The number of hydrogen-bond acceptors (Lipinski definition) is 4. The Bertz CT molecular complexity index is 923. The van der Waals surface area contributed by atoms with Gasteiger partial charge in [-0.25, -0.2) is 9.97 Å². The molecule has 2 heterocycles. The van der Waals surface area contributed by atoms with E-state index in [1.165, 1.54) is 10.8 Å². The summed E-state index contributed by atoms with van der Waals surface area (Å²) < 4.78 is 0. The molecule has 0 spiro atoms. The van der Waals surface area contributed by atoms with Crippen LogP contribution in [0.25, 0.3) is 10.8 Å². The Morgan fingerprint density at radius 2 is 1.89 bits per heavy atom. The molecule has 0 aliphatic carbocycles. The third-order valence-corrected chi connectivity index (χ3v) is 5.28. The van der Waals surface area contributed by atoms with E-state index in [0.29, 0.717) is 12.5 Å². The van der Waals surface area contributed by atoms with Gasteiger partial charge in [-0.1, -0.05) is 42.5 Å². The van der Waals surface area contributed by atoms with Gasteiger partial charge in [-0.15, -0.1) is 0 Å². The van der Waals surface area contributed by atoms with Crippen LogP contribution in [0.3, 0.4) is 0 Å². The number of rotatable bonds is 4. The fourth-order valence-corrected chi connectivity index (χ4v) is 3.86. The average molecular weight is 360 g/mol. The third kappa shape index (κ3) is 3.77. The van der Waals surface area contributed by atoms with Gasteiger partial charge in [-0.05, 0) is 42.2 Å². The molecule has 2 unspecified atom stereocenters. The largest absolute Gasteiger partial charge is 0.349 e. The number of nitrogens with zero attached hydrogens (tertiary/aromatic N) is 3. The topological polar surface area (TPSA) is 58.1 Å². The van der Waals surface area contributed by atoms with Crippen LogP contribution in [0.1, 0.15) is 31.4 Å². The summed E-state index contributed by atoms with van der Waals surface area (Å²) >= 11 is 0. The molecule has 3 aromatic rings. The number of benzene rings is 2. The van der Waals surface area contributed by atoms with Crippen molar-refractivity contribution in [2.24, 2.45) is 5.92 Å². The lowest BCUT2D eigenvalue weighted by atomic mass is 9.95. The smallest absolute Gasteiger partial charge is 0.225 e. The molecule has 5 nitrogen and oxygen atoms in total. The number of anilines is 1. The van der Waals surface area contributed by atoms with Crippen LogP contribution in [0, 0.1) is 5.92 Å². The van der Waals surface area contributed by atoms with E-state index in [1.54, 1.807) is 12.4 Å². The van der Waals surface area contributed by atoms with Crippen LogP contribution >= 0.6 is 0 Å². The molecule has 1 saturated heterocycles. The Balaban J connectivity index is 1.46. The number of amides is 1. The minimum absolute atomic E-state index is 0.0352. The maximum atomic E-state index is 12.9. The molecule has 0 bridgehead atoms. The molecule has 0 saturated carbocycles. The Hall–Kier alpha value is -2.95. The standard InChI is InChI=1S/C22H24N4O/c1-16(19-11-4-8-17-7-2-3-10-20(17)19)25-21(27)18-9-5-14-26(15-18)22-23-12-6-13-24-22/h2-4,6-8,10-13,16,18H,5,9,14-15H2,1H3,(H,25,27). The molecule has 2 aromatic carbocycles. The molecular formula is C22H24N4O. The van der Waals surface area contributed by atoms with Gasteiger partial charge in [0.15, 0.2) is 0 Å². The molecule has 1 aliphatic rings. The summed E-state index contributed by atoms with van der Waals surface area (Å²) in [7, 11) is 0. The molecule has 1 aliphatic heterocycles. The second-order valence-corrected chi connectivity index (χ2v) is 7.13. The predicted molar refractivity (Wildman–Crippen MR) is 107 cm³/mol. The minimum atomic E-state index is -0.0417. The Morgan fingerprint density at radius 1 is 1.11 bits per heavy atom. The number of aromatic nitrogens is 2. The lowest BCUT2D eigenvalue weighted by Gasteiger charge is -2.32. The van der Waals surface area contributed by atoms with E-state index in [2.05, 4.69) is 57.4 Å². The molecule has 4 rings (SSSR count). The lowest BCUT2D eigenvalue weighted by Crippen LogP contribution is -2.44. The van der Waals surface area contributed by atoms with Gasteiger partial charge in [0.25, 0.3) is 0 Å². The Morgan fingerprint density at radius 3 is 2.74 bits per heavy atom. The molecule has 0 radical (unpaired) electrons. The van der Waals surface area contributed by atoms with E-state index < -0.39 is 0 Å². The molecule has 1 aromatic heterocycles. The molecular weight excluding hydrogens is 336 g/mol. The first-order chi connectivity index (χ1) is 13.2. The van der Waals surface area contributed by atoms with Gasteiger partial charge in [0.05, 0.1) is 12.0 Å². The van der Waals surface area contributed by atoms with Crippen LogP contribution in [-0.4, -0.2) is 29.0 Å². The summed E-state index contributed by atoms with van der Waals surface area (Å²) in [5.41, 5.74) is 1.15. The van der Waals surface area contributed by atoms with Crippen LogP contribution in [0.5, 0.6) is 0 Å². The third-order valence-electron chi connectivity index (χ3n) is 5.28. The first-order valence-corrected chi connectivity index (χ1v) is 9.52. The lowest BCUT2D eigenvalue weighted by molar-refractivity contribution is -0.125. The first-order valence-electron chi connectivity index (χ1n) is 9.52. The van der Waals surface area contributed by atoms with Gasteiger partial charge >= 0.3 is 0 Å². The second-order valence-electron chi connectivity index (χ2n) is 7.13. The first kappa shape index (κ1) is 17.5. The van der Waals surface area contributed by atoms with Gasteiger partial charge in [0.2, 0.25) is 11.9 Å². The highest BCUT2D eigenvalue weighted by molar-refractivity contribution is 5.87. The summed E-state index contributed by atoms with van der Waals surface area (Å²) in [5.74, 6) is 0.771. The van der Waals surface area contributed by atoms with E-state index in [4.69, 9.17) is 0 Å². The van der Waals surface area contributed by atoms with E-state index >= 15 is 0 Å².